The Labute approximate surface area is 79.5 Å². The highest BCUT2D eigenvalue weighted by Crippen LogP contribution is 2.04. The van der Waals surface area contributed by atoms with E-state index in [1.165, 1.54) is 0 Å². The number of unbranched alkanes of at least 4 members (excludes halogenated alkanes) is 1. The second-order valence-electron chi connectivity index (χ2n) is 3.12. The Kier molecular flexibility index (Phi) is 4.14. The van der Waals surface area contributed by atoms with Gasteiger partial charge in [-0.05, 0) is 32.1 Å². The van der Waals surface area contributed by atoms with Crippen LogP contribution in [0.3, 0.4) is 0 Å². The van der Waals surface area contributed by atoms with E-state index in [1.54, 1.807) is 6.26 Å². The fourth-order valence-corrected chi connectivity index (χ4v) is 1.20. The maximum atomic E-state index is 5.23. The molecule has 0 saturated carbocycles. The van der Waals surface area contributed by atoms with E-state index in [1.807, 2.05) is 12.1 Å². The van der Waals surface area contributed by atoms with Crippen LogP contribution in [0.2, 0.25) is 0 Å². The van der Waals surface area contributed by atoms with Crippen LogP contribution in [0.5, 0.6) is 0 Å². The number of rotatable bonds is 5. The molecule has 13 heavy (non-hydrogen) atoms. The highest BCUT2D eigenvalue weighted by Gasteiger charge is 2.00. The average Bonchev–Trinajstić information content (AvgIpc) is 2.57. The number of terminal acetylenes is 1. The first-order chi connectivity index (χ1) is 6.33. The normalized spacial score (nSPS) is 10.2. The minimum absolute atomic E-state index is 0.850. The Morgan fingerprint density at radius 3 is 3.08 bits per heavy atom. The van der Waals surface area contributed by atoms with E-state index in [0.717, 1.165) is 31.7 Å². The molecule has 70 valence electrons. The first kappa shape index (κ1) is 9.88. The van der Waals surface area contributed by atoms with Crippen molar-refractivity contribution in [3.05, 3.63) is 24.2 Å². The summed E-state index contributed by atoms with van der Waals surface area (Å²) in [4.78, 5) is 2.20. The molecule has 0 aliphatic carbocycles. The molecule has 0 aliphatic heterocycles. The fraction of sp³-hybridized carbons (Fsp3) is 0.455. The standard InChI is InChI=1S/C11H15NO/c1-3-4-5-8-12(2)10-11-7-6-9-13-11/h1,6-7,9H,4-5,8,10H2,2H3. The van der Waals surface area contributed by atoms with Crippen molar-refractivity contribution in [1.29, 1.82) is 0 Å². The van der Waals surface area contributed by atoms with Crippen LogP contribution in [-0.4, -0.2) is 18.5 Å². The SMILES string of the molecule is C#CCCCN(C)Cc1ccco1. The minimum atomic E-state index is 0.850. The maximum Gasteiger partial charge on any atom is 0.117 e. The van der Waals surface area contributed by atoms with Gasteiger partial charge in [-0.2, -0.15) is 0 Å². The maximum absolute atomic E-state index is 5.23. The van der Waals surface area contributed by atoms with Crippen molar-refractivity contribution in [3.8, 4) is 12.3 Å². The molecule has 0 aromatic carbocycles. The molecule has 0 aliphatic rings. The molecule has 1 aromatic rings. The van der Waals surface area contributed by atoms with Crippen molar-refractivity contribution in [3.63, 3.8) is 0 Å². The van der Waals surface area contributed by atoms with Gasteiger partial charge in [-0.3, -0.25) is 4.90 Å². The van der Waals surface area contributed by atoms with Crippen molar-refractivity contribution in [2.75, 3.05) is 13.6 Å². The van der Waals surface area contributed by atoms with Crippen molar-refractivity contribution in [1.82, 2.24) is 4.90 Å². The molecule has 1 aromatic heterocycles. The van der Waals surface area contributed by atoms with Gasteiger partial charge < -0.3 is 4.42 Å². The first-order valence-corrected chi connectivity index (χ1v) is 4.47. The van der Waals surface area contributed by atoms with Gasteiger partial charge in [-0.15, -0.1) is 12.3 Å². The second-order valence-corrected chi connectivity index (χ2v) is 3.12. The Morgan fingerprint density at radius 2 is 2.46 bits per heavy atom. The molecule has 0 amide bonds. The summed E-state index contributed by atoms with van der Waals surface area (Å²) in [6.45, 7) is 1.88. The first-order valence-electron chi connectivity index (χ1n) is 4.47. The van der Waals surface area contributed by atoms with Crippen LogP contribution in [-0.2, 0) is 6.54 Å². The minimum Gasteiger partial charge on any atom is -0.468 e. The van der Waals surface area contributed by atoms with E-state index in [2.05, 4.69) is 17.9 Å². The molecule has 2 heteroatoms. The molecule has 1 heterocycles. The molecule has 2 nitrogen and oxygen atoms in total. The molecule has 0 bridgehead atoms. The third-order valence-electron chi connectivity index (χ3n) is 1.87. The Hall–Kier alpha value is -1.20. The lowest BCUT2D eigenvalue weighted by Gasteiger charge is -2.13. The number of hydrogen-bond donors (Lipinski definition) is 0. The zero-order valence-electron chi connectivity index (χ0n) is 7.99. The van der Waals surface area contributed by atoms with Crippen LogP contribution in [0.15, 0.2) is 22.8 Å². The van der Waals surface area contributed by atoms with E-state index >= 15 is 0 Å². The van der Waals surface area contributed by atoms with Crippen LogP contribution in [0.4, 0.5) is 0 Å². The van der Waals surface area contributed by atoms with Crippen LogP contribution in [0.1, 0.15) is 18.6 Å². The molecule has 0 saturated heterocycles. The quantitative estimate of drug-likeness (QED) is 0.506. The molecule has 0 fully saturated rings. The molecule has 0 unspecified atom stereocenters. The lowest BCUT2D eigenvalue weighted by Crippen LogP contribution is -2.18. The fourth-order valence-electron chi connectivity index (χ4n) is 1.20. The van der Waals surface area contributed by atoms with Crippen molar-refractivity contribution < 1.29 is 4.42 Å². The monoisotopic (exact) mass is 177 g/mol. The highest BCUT2D eigenvalue weighted by atomic mass is 16.3. The van der Waals surface area contributed by atoms with Gasteiger partial charge in [0.15, 0.2) is 0 Å². The average molecular weight is 177 g/mol. The largest absolute Gasteiger partial charge is 0.468 e. The van der Waals surface area contributed by atoms with E-state index in [4.69, 9.17) is 10.8 Å². The second kappa shape index (κ2) is 5.45. The van der Waals surface area contributed by atoms with Crippen molar-refractivity contribution >= 4 is 0 Å². The van der Waals surface area contributed by atoms with Crippen LogP contribution in [0, 0.1) is 12.3 Å². The number of nitrogens with zero attached hydrogens (tertiary/aromatic N) is 1. The molecule has 0 spiro atoms. The van der Waals surface area contributed by atoms with Gasteiger partial charge in [0.1, 0.15) is 5.76 Å². The topological polar surface area (TPSA) is 16.4 Å². The molecule has 0 atom stereocenters. The summed E-state index contributed by atoms with van der Waals surface area (Å²) >= 11 is 0. The Morgan fingerprint density at radius 1 is 1.62 bits per heavy atom. The summed E-state index contributed by atoms with van der Waals surface area (Å²) < 4.78 is 5.23. The molecule has 0 radical (unpaired) electrons. The zero-order chi connectivity index (χ0) is 9.52. The molecule has 0 N–H and O–H groups in total. The summed E-state index contributed by atoms with van der Waals surface area (Å²) in [7, 11) is 2.07. The van der Waals surface area contributed by atoms with Gasteiger partial charge in [0.2, 0.25) is 0 Å². The van der Waals surface area contributed by atoms with E-state index in [0.29, 0.717) is 0 Å². The Bertz CT molecular complexity index is 258. The van der Waals surface area contributed by atoms with Gasteiger partial charge >= 0.3 is 0 Å². The molecule has 1 rings (SSSR count). The summed E-state index contributed by atoms with van der Waals surface area (Å²) in [6.07, 6.45) is 8.76. The number of hydrogen-bond acceptors (Lipinski definition) is 2. The lowest BCUT2D eigenvalue weighted by atomic mass is 10.3. The molecular formula is C11H15NO. The van der Waals surface area contributed by atoms with Gasteiger partial charge in [-0.1, -0.05) is 0 Å². The van der Waals surface area contributed by atoms with E-state index in [9.17, 15) is 0 Å². The number of furan rings is 1. The van der Waals surface area contributed by atoms with Gasteiger partial charge in [0, 0.05) is 6.42 Å². The van der Waals surface area contributed by atoms with E-state index in [-0.39, 0.29) is 0 Å². The lowest BCUT2D eigenvalue weighted by molar-refractivity contribution is 0.293. The van der Waals surface area contributed by atoms with Crippen molar-refractivity contribution in [2.24, 2.45) is 0 Å². The van der Waals surface area contributed by atoms with Crippen LogP contribution >= 0.6 is 0 Å². The van der Waals surface area contributed by atoms with Gasteiger partial charge in [-0.25, -0.2) is 0 Å². The summed E-state index contributed by atoms with van der Waals surface area (Å²) in [5.41, 5.74) is 0. The predicted octanol–water partition coefficient (Wildman–Crippen LogP) is 2.12. The smallest absolute Gasteiger partial charge is 0.117 e. The van der Waals surface area contributed by atoms with Crippen LogP contribution < -0.4 is 0 Å². The van der Waals surface area contributed by atoms with Crippen LogP contribution in [0.25, 0.3) is 0 Å². The zero-order valence-corrected chi connectivity index (χ0v) is 7.99. The van der Waals surface area contributed by atoms with Gasteiger partial charge in [0.05, 0.1) is 12.8 Å². The van der Waals surface area contributed by atoms with Gasteiger partial charge in [0.25, 0.3) is 0 Å². The summed E-state index contributed by atoms with van der Waals surface area (Å²) in [6, 6.07) is 3.89. The highest BCUT2D eigenvalue weighted by molar-refractivity contribution is 4.97. The predicted molar refractivity (Wildman–Crippen MR) is 53.1 cm³/mol. The van der Waals surface area contributed by atoms with E-state index < -0.39 is 0 Å². The third kappa shape index (κ3) is 3.82. The molecular weight excluding hydrogens is 162 g/mol. The third-order valence-corrected chi connectivity index (χ3v) is 1.87. The summed E-state index contributed by atoms with van der Waals surface area (Å²) in [5.74, 6) is 3.63. The summed E-state index contributed by atoms with van der Waals surface area (Å²) in [5, 5.41) is 0. The van der Waals surface area contributed by atoms with Crippen molar-refractivity contribution in [2.45, 2.75) is 19.4 Å². The Balaban J connectivity index is 2.19.